The van der Waals surface area contributed by atoms with E-state index in [-0.39, 0.29) is 5.97 Å². The smallest absolute Gasteiger partial charge is 0.316 e. The molecular weight excluding hydrogens is 216 g/mol. The molecule has 0 aliphatic rings. The fraction of sp³-hybridized carbons (Fsp3) is 0.500. The maximum atomic E-state index is 11.2. The van der Waals surface area contributed by atoms with E-state index in [4.69, 9.17) is 4.74 Å². The van der Waals surface area contributed by atoms with Crippen LogP contribution >= 0.6 is 23.1 Å². The Hall–Kier alpha value is -0.480. The van der Waals surface area contributed by atoms with Gasteiger partial charge >= 0.3 is 5.97 Å². The van der Waals surface area contributed by atoms with E-state index in [0.29, 0.717) is 12.4 Å². The standard InChI is InChI=1S/C10H14O2S2/c1-2-3-6-12-9(11)8-14-10-5-4-7-13-10/h4-5,7H,2-3,6,8H2,1H3. The normalized spacial score (nSPS) is 10.1. The number of rotatable bonds is 6. The molecule has 1 heterocycles. The van der Waals surface area contributed by atoms with E-state index in [1.165, 1.54) is 11.8 Å². The van der Waals surface area contributed by atoms with Crippen LogP contribution in [0.2, 0.25) is 0 Å². The molecule has 0 spiro atoms. The second-order valence-corrected chi connectivity index (χ2v) is 5.02. The Morgan fingerprint density at radius 1 is 1.64 bits per heavy atom. The number of hydrogen-bond donors (Lipinski definition) is 0. The Kier molecular flexibility index (Phi) is 5.71. The lowest BCUT2D eigenvalue weighted by Gasteiger charge is -2.02. The van der Waals surface area contributed by atoms with Gasteiger partial charge in [0.2, 0.25) is 0 Å². The van der Waals surface area contributed by atoms with Gasteiger partial charge in [-0.25, -0.2) is 0 Å². The van der Waals surface area contributed by atoms with Gasteiger partial charge in [0, 0.05) is 0 Å². The number of ether oxygens (including phenoxy) is 1. The van der Waals surface area contributed by atoms with E-state index in [9.17, 15) is 4.79 Å². The van der Waals surface area contributed by atoms with Crippen LogP contribution in [0.25, 0.3) is 0 Å². The van der Waals surface area contributed by atoms with Crippen LogP contribution in [0.1, 0.15) is 19.8 Å². The van der Waals surface area contributed by atoms with Gasteiger partial charge < -0.3 is 4.74 Å². The highest BCUT2D eigenvalue weighted by molar-refractivity contribution is 8.01. The lowest BCUT2D eigenvalue weighted by Crippen LogP contribution is -2.07. The van der Waals surface area contributed by atoms with Gasteiger partial charge in [-0.05, 0) is 17.9 Å². The molecule has 1 aromatic rings. The predicted molar refractivity (Wildman–Crippen MR) is 60.9 cm³/mol. The van der Waals surface area contributed by atoms with E-state index in [2.05, 4.69) is 6.92 Å². The van der Waals surface area contributed by atoms with Crippen molar-refractivity contribution in [3.8, 4) is 0 Å². The molecule has 0 amide bonds. The summed E-state index contributed by atoms with van der Waals surface area (Å²) in [6.07, 6.45) is 2.01. The van der Waals surface area contributed by atoms with Gasteiger partial charge in [-0.2, -0.15) is 0 Å². The zero-order valence-corrected chi connectivity index (χ0v) is 9.83. The largest absolute Gasteiger partial charge is 0.465 e. The molecule has 0 atom stereocenters. The summed E-state index contributed by atoms with van der Waals surface area (Å²) < 4.78 is 6.19. The number of thiophene rings is 1. The fourth-order valence-corrected chi connectivity index (χ4v) is 2.43. The molecular formula is C10H14O2S2. The fourth-order valence-electron chi connectivity index (χ4n) is 0.848. The summed E-state index contributed by atoms with van der Waals surface area (Å²) in [5.74, 6) is 0.307. The molecule has 0 bridgehead atoms. The minimum atomic E-state index is -0.114. The number of esters is 1. The first kappa shape index (κ1) is 11.6. The first-order valence-electron chi connectivity index (χ1n) is 4.65. The van der Waals surface area contributed by atoms with Crippen molar-refractivity contribution in [1.29, 1.82) is 0 Å². The Balaban J connectivity index is 2.09. The van der Waals surface area contributed by atoms with Crippen molar-refractivity contribution in [2.75, 3.05) is 12.4 Å². The van der Waals surface area contributed by atoms with Crippen molar-refractivity contribution in [2.24, 2.45) is 0 Å². The van der Waals surface area contributed by atoms with Crippen LogP contribution in [0.4, 0.5) is 0 Å². The summed E-state index contributed by atoms with van der Waals surface area (Å²) >= 11 is 3.19. The summed E-state index contributed by atoms with van der Waals surface area (Å²) in [7, 11) is 0. The van der Waals surface area contributed by atoms with Gasteiger partial charge in [0.15, 0.2) is 0 Å². The lowest BCUT2D eigenvalue weighted by atomic mass is 10.4. The molecule has 0 aliphatic carbocycles. The lowest BCUT2D eigenvalue weighted by molar-refractivity contribution is -0.140. The molecule has 4 heteroatoms. The summed E-state index contributed by atoms with van der Waals surface area (Å²) in [5, 5.41) is 2.00. The molecule has 0 saturated heterocycles. The zero-order chi connectivity index (χ0) is 10.2. The Morgan fingerprint density at radius 3 is 3.14 bits per heavy atom. The predicted octanol–water partition coefficient (Wildman–Crippen LogP) is 3.18. The Bertz CT molecular complexity index is 257. The SMILES string of the molecule is CCCCOC(=O)CSc1cccs1. The average Bonchev–Trinajstić information content (AvgIpc) is 2.68. The molecule has 0 radical (unpaired) electrons. The Labute approximate surface area is 92.7 Å². The molecule has 0 aromatic carbocycles. The van der Waals surface area contributed by atoms with E-state index >= 15 is 0 Å². The topological polar surface area (TPSA) is 26.3 Å². The molecule has 0 aliphatic heterocycles. The van der Waals surface area contributed by atoms with Gasteiger partial charge in [0.25, 0.3) is 0 Å². The molecule has 0 N–H and O–H groups in total. The number of hydrogen-bond acceptors (Lipinski definition) is 4. The second-order valence-electron chi connectivity index (χ2n) is 2.79. The van der Waals surface area contributed by atoms with Gasteiger partial charge in [-0.15, -0.1) is 23.1 Å². The van der Waals surface area contributed by atoms with E-state index in [1.54, 1.807) is 11.3 Å². The molecule has 14 heavy (non-hydrogen) atoms. The van der Waals surface area contributed by atoms with Crippen LogP contribution in [0.5, 0.6) is 0 Å². The molecule has 1 rings (SSSR count). The summed E-state index contributed by atoms with van der Waals surface area (Å²) in [6.45, 7) is 2.63. The van der Waals surface area contributed by atoms with Crippen molar-refractivity contribution < 1.29 is 9.53 Å². The van der Waals surface area contributed by atoms with Crippen LogP contribution in [0.3, 0.4) is 0 Å². The van der Waals surface area contributed by atoms with Gasteiger partial charge in [-0.3, -0.25) is 4.79 Å². The maximum absolute atomic E-state index is 11.2. The van der Waals surface area contributed by atoms with E-state index in [1.807, 2.05) is 17.5 Å². The van der Waals surface area contributed by atoms with Gasteiger partial charge in [0.1, 0.15) is 0 Å². The first-order chi connectivity index (χ1) is 6.83. The maximum Gasteiger partial charge on any atom is 0.316 e. The number of thioether (sulfide) groups is 1. The quantitative estimate of drug-likeness (QED) is 0.426. The minimum absolute atomic E-state index is 0.114. The summed E-state index contributed by atoms with van der Waals surface area (Å²) in [5.41, 5.74) is 0. The molecule has 0 unspecified atom stereocenters. The highest BCUT2D eigenvalue weighted by Crippen LogP contribution is 2.23. The van der Waals surface area contributed by atoms with E-state index in [0.717, 1.165) is 17.1 Å². The second kappa shape index (κ2) is 6.90. The molecule has 78 valence electrons. The van der Waals surface area contributed by atoms with Gasteiger partial charge in [-0.1, -0.05) is 19.4 Å². The minimum Gasteiger partial charge on any atom is -0.465 e. The summed E-state index contributed by atoms with van der Waals surface area (Å²) in [6, 6.07) is 3.99. The van der Waals surface area contributed by atoms with Crippen molar-refractivity contribution in [3.63, 3.8) is 0 Å². The van der Waals surface area contributed by atoms with Crippen LogP contribution < -0.4 is 0 Å². The monoisotopic (exact) mass is 230 g/mol. The summed E-state index contributed by atoms with van der Waals surface area (Å²) in [4.78, 5) is 11.2. The van der Waals surface area contributed by atoms with Crippen molar-refractivity contribution in [1.82, 2.24) is 0 Å². The van der Waals surface area contributed by atoms with E-state index < -0.39 is 0 Å². The number of carbonyl (C=O) groups is 1. The number of carbonyl (C=O) groups excluding carboxylic acids is 1. The third kappa shape index (κ3) is 4.67. The van der Waals surface area contributed by atoms with Crippen molar-refractivity contribution >= 4 is 29.1 Å². The third-order valence-corrected chi connectivity index (χ3v) is 3.69. The van der Waals surface area contributed by atoms with Crippen molar-refractivity contribution in [2.45, 2.75) is 24.0 Å². The van der Waals surface area contributed by atoms with Crippen LogP contribution in [0.15, 0.2) is 21.7 Å². The van der Waals surface area contributed by atoms with Crippen LogP contribution in [0, 0.1) is 0 Å². The first-order valence-corrected chi connectivity index (χ1v) is 6.51. The molecule has 1 aromatic heterocycles. The molecule has 0 fully saturated rings. The van der Waals surface area contributed by atoms with Gasteiger partial charge in [0.05, 0.1) is 16.6 Å². The molecule has 2 nitrogen and oxygen atoms in total. The highest BCUT2D eigenvalue weighted by Gasteiger charge is 2.03. The Morgan fingerprint density at radius 2 is 2.50 bits per heavy atom. The van der Waals surface area contributed by atoms with Crippen LogP contribution in [-0.4, -0.2) is 18.3 Å². The third-order valence-electron chi connectivity index (χ3n) is 1.59. The van der Waals surface area contributed by atoms with Crippen molar-refractivity contribution in [3.05, 3.63) is 17.5 Å². The zero-order valence-electron chi connectivity index (χ0n) is 8.19. The average molecular weight is 230 g/mol. The number of unbranched alkanes of at least 4 members (excludes halogenated alkanes) is 1. The highest BCUT2D eigenvalue weighted by atomic mass is 32.2. The van der Waals surface area contributed by atoms with Crippen LogP contribution in [-0.2, 0) is 9.53 Å². The molecule has 0 saturated carbocycles.